The van der Waals surface area contributed by atoms with Crippen LogP contribution in [0.5, 0.6) is 0 Å². The second-order valence-electron chi connectivity index (χ2n) is 4.23. The average Bonchev–Trinajstić information content (AvgIpc) is 2.26. The fourth-order valence-corrected chi connectivity index (χ4v) is 1.41. The van der Waals surface area contributed by atoms with Gasteiger partial charge in [-0.2, -0.15) is 0 Å². The van der Waals surface area contributed by atoms with Crippen LogP contribution in [0, 0.1) is 17.8 Å². The van der Waals surface area contributed by atoms with E-state index < -0.39 is 5.97 Å². The Morgan fingerprint density at radius 3 is 2.35 bits per heavy atom. The molecule has 0 fully saturated rings. The molecule has 0 atom stereocenters. The molecule has 0 aliphatic carbocycles. The van der Waals surface area contributed by atoms with Crippen LogP contribution >= 0.6 is 0 Å². The van der Waals surface area contributed by atoms with Gasteiger partial charge in [-0.25, -0.2) is 4.79 Å². The van der Waals surface area contributed by atoms with E-state index in [-0.39, 0.29) is 5.56 Å². The Labute approximate surface area is 102 Å². The first-order valence-corrected chi connectivity index (χ1v) is 5.53. The van der Waals surface area contributed by atoms with Crippen LogP contribution in [0.15, 0.2) is 35.9 Å². The Balaban J connectivity index is 2.83. The van der Waals surface area contributed by atoms with Gasteiger partial charge in [-0.1, -0.05) is 31.8 Å². The molecule has 17 heavy (non-hydrogen) atoms. The number of hydrogen-bond acceptors (Lipinski definition) is 1. The van der Waals surface area contributed by atoms with Crippen LogP contribution in [0.3, 0.4) is 0 Å². The molecule has 0 aliphatic rings. The predicted octanol–water partition coefficient (Wildman–Crippen LogP) is 3.34. The molecular formula is C15H16O2. The van der Waals surface area contributed by atoms with Crippen LogP contribution in [-0.4, -0.2) is 11.1 Å². The number of carbonyl (C=O) groups is 1. The third-order valence-corrected chi connectivity index (χ3v) is 2.12. The van der Waals surface area contributed by atoms with E-state index in [1.54, 1.807) is 24.3 Å². The van der Waals surface area contributed by atoms with Crippen LogP contribution in [0.1, 0.15) is 36.7 Å². The van der Waals surface area contributed by atoms with Gasteiger partial charge in [0.25, 0.3) is 0 Å². The summed E-state index contributed by atoms with van der Waals surface area (Å²) in [5.74, 6) is 5.62. The van der Waals surface area contributed by atoms with E-state index >= 15 is 0 Å². The number of carboxylic acids is 1. The summed E-state index contributed by atoms with van der Waals surface area (Å²) in [5.41, 5.74) is 2.14. The molecule has 1 rings (SSSR count). The van der Waals surface area contributed by atoms with E-state index in [1.165, 1.54) is 0 Å². The van der Waals surface area contributed by atoms with E-state index in [4.69, 9.17) is 5.11 Å². The van der Waals surface area contributed by atoms with Gasteiger partial charge in [-0.3, -0.25) is 0 Å². The van der Waals surface area contributed by atoms with Gasteiger partial charge in [-0.05, 0) is 42.7 Å². The maximum absolute atomic E-state index is 10.7. The smallest absolute Gasteiger partial charge is 0.335 e. The summed E-state index contributed by atoms with van der Waals surface area (Å²) >= 11 is 0. The third-order valence-electron chi connectivity index (χ3n) is 2.12. The number of aromatic carboxylic acids is 1. The highest BCUT2D eigenvalue weighted by atomic mass is 16.4. The van der Waals surface area contributed by atoms with Gasteiger partial charge in [0.2, 0.25) is 0 Å². The Morgan fingerprint density at radius 2 is 1.88 bits per heavy atom. The van der Waals surface area contributed by atoms with Gasteiger partial charge >= 0.3 is 5.97 Å². The summed E-state index contributed by atoms with van der Waals surface area (Å²) in [4.78, 5) is 10.7. The molecule has 1 N–H and O–H groups in total. The Bertz CT molecular complexity index is 482. The second-order valence-corrected chi connectivity index (χ2v) is 4.23. The molecule has 0 bridgehead atoms. The standard InChI is InChI=1S/C15H16O2/c1-11(2)10-12(3)4-5-13-6-8-14(9-7-13)15(16)17/h6-11H,1-3H3,(H,16,17)/b12-10+. The topological polar surface area (TPSA) is 37.3 Å². The van der Waals surface area contributed by atoms with Crippen molar-refractivity contribution >= 4 is 5.97 Å². The molecule has 0 amide bonds. The van der Waals surface area contributed by atoms with Crippen LogP contribution in [0.2, 0.25) is 0 Å². The third kappa shape index (κ3) is 4.56. The summed E-state index contributed by atoms with van der Waals surface area (Å²) < 4.78 is 0. The van der Waals surface area contributed by atoms with Gasteiger partial charge in [0.1, 0.15) is 0 Å². The zero-order valence-corrected chi connectivity index (χ0v) is 10.3. The van der Waals surface area contributed by atoms with E-state index in [0.717, 1.165) is 11.1 Å². The number of carboxylic acid groups (broad SMARTS) is 1. The predicted molar refractivity (Wildman–Crippen MR) is 68.9 cm³/mol. The lowest BCUT2D eigenvalue weighted by Crippen LogP contribution is -1.94. The number of allylic oxidation sites excluding steroid dienone is 2. The van der Waals surface area contributed by atoms with Gasteiger partial charge in [-0.15, -0.1) is 0 Å². The second kappa shape index (κ2) is 5.91. The molecule has 0 aliphatic heterocycles. The van der Waals surface area contributed by atoms with E-state index in [9.17, 15) is 4.79 Å². The highest BCUT2D eigenvalue weighted by Gasteiger charge is 1.99. The fraction of sp³-hybridized carbons (Fsp3) is 0.267. The van der Waals surface area contributed by atoms with Crippen LogP contribution in [0.25, 0.3) is 0 Å². The van der Waals surface area contributed by atoms with Crippen LogP contribution in [0.4, 0.5) is 0 Å². The molecule has 0 saturated carbocycles. The lowest BCUT2D eigenvalue weighted by Gasteiger charge is -1.95. The summed E-state index contributed by atoms with van der Waals surface area (Å²) in [6, 6.07) is 6.57. The normalized spacial score (nSPS) is 10.9. The number of rotatable bonds is 2. The van der Waals surface area contributed by atoms with Crippen LogP contribution < -0.4 is 0 Å². The monoisotopic (exact) mass is 228 g/mol. The van der Waals surface area contributed by atoms with Crippen LogP contribution in [-0.2, 0) is 0 Å². The van der Waals surface area contributed by atoms with Gasteiger partial charge in [0.05, 0.1) is 5.56 Å². The molecular weight excluding hydrogens is 212 g/mol. The van der Waals surface area contributed by atoms with Crippen molar-refractivity contribution in [3.8, 4) is 11.8 Å². The Hall–Kier alpha value is -2.01. The van der Waals surface area contributed by atoms with Gasteiger partial charge < -0.3 is 5.11 Å². The quantitative estimate of drug-likeness (QED) is 0.788. The molecule has 0 saturated heterocycles. The molecule has 0 radical (unpaired) electrons. The maximum atomic E-state index is 10.7. The Morgan fingerprint density at radius 1 is 1.29 bits per heavy atom. The van der Waals surface area contributed by atoms with Crippen molar-refractivity contribution in [3.05, 3.63) is 47.0 Å². The van der Waals surface area contributed by atoms with Crippen molar-refractivity contribution in [2.75, 3.05) is 0 Å². The minimum atomic E-state index is -0.916. The minimum absolute atomic E-state index is 0.282. The molecule has 88 valence electrons. The zero-order valence-electron chi connectivity index (χ0n) is 10.3. The molecule has 0 heterocycles. The first kappa shape index (κ1) is 13.1. The molecule has 0 unspecified atom stereocenters. The summed E-state index contributed by atoms with van der Waals surface area (Å²) in [6.07, 6.45) is 2.10. The highest BCUT2D eigenvalue weighted by Crippen LogP contribution is 2.04. The number of hydrogen-bond donors (Lipinski definition) is 1. The van der Waals surface area contributed by atoms with E-state index in [2.05, 4.69) is 31.8 Å². The highest BCUT2D eigenvalue weighted by molar-refractivity contribution is 5.87. The summed E-state index contributed by atoms with van der Waals surface area (Å²) in [5, 5.41) is 8.75. The largest absolute Gasteiger partial charge is 0.478 e. The van der Waals surface area contributed by atoms with E-state index in [0.29, 0.717) is 5.92 Å². The first-order valence-electron chi connectivity index (χ1n) is 5.53. The summed E-state index contributed by atoms with van der Waals surface area (Å²) in [6.45, 7) is 6.18. The average molecular weight is 228 g/mol. The SMILES string of the molecule is C/C(C#Cc1ccc(C(=O)O)cc1)=C\C(C)C. The molecule has 1 aromatic rings. The first-order chi connectivity index (χ1) is 7.99. The van der Waals surface area contributed by atoms with Crippen molar-refractivity contribution in [3.63, 3.8) is 0 Å². The summed E-state index contributed by atoms with van der Waals surface area (Å²) in [7, 11) is 0. The molecule has 2 heteroatoms. The van der Waals surface area contributed by atoms with Gasteiger partial charge in [0, 0.05) is 5.56 Å². The number of benzene rings is 1. The van der Waals surface area contributed by atoms with Gasteiger partial charge in [0.15, 0.2) is 0 Å². The van der Waals surface area contributed by atoms with E-state index in [1.807, 2.05) is 6.92 Å². The Kier molecular flexibility index (Phi) is 4.54. The van der Waals surface area contributed by atoms with Crippen molar-refractivity contribution in [1.29, 1.82) is 0 Å². The van der Waals surface area contributed by atoms with Crippen molar-refractivity contribution in [2.45, 2.75) is 20.8 Å². The zero-order chi connectivity index (χ0) is 12.8. The van der Waals surface area contributed by atoms with Crippen molar-refractivity contribution < 1.29 is 9.90 Å². The van der Waals surface area contributed by atoms with Crippen molar-refractivity contribution in [1.82, 2.24) is 0 Å². The molecule has 0 spiro atoms. The maximum Gasteiger partial charge on any atom is 0.335 e. The molecule has 0 aromatic heterocycles. The van der Waals surface area contributed by atoms with Crippen molar-refractivity contribution in [2.24, 2.45) is 5.92 Å². The fourth-order valence-electron chi connectivity index (χ4n) is 1.41. The molecule has 2 nitrogen and oxygen atoms in total. The lowest BCUT2D eigenvalue weighted by molar-refractivity contribution is 0.0697. The molecule has 1 aromatic carbocycles. The lowest BCUT2D eigenvalue weighted by atomic mass is 10.1. The minimum Gasteiger partial charge on any atom is -0.478 e.